The first kappa shape index (κ1) is 12.2. The van der Waals surface area contributed by atoms with Crippen LogP contribution in [0, 0.1) is 0 Å². The lowest BCUT2D eigenvalue weighted by atomic mass is 10.1. The number of amides is 1. The van der Waals surface area contributed by atoms with Crippen LogP contribution in [0.3, 0.4) is 0 Å². The third-order valence-electron chi connectivity index (χ3n) is 2.50. The Kier molecular flexibility index (Phi) is 3.62. The van der Waals surface area contributed by atoms with Crippen molar-refractivity contribution in [2.45, 2.75) is 19.4 Å². The number of hydrogen-bond acceptors (Lipinski definition) is 3. The van der Waals surface area contributed by atoms with E-state index in [2.05, 4.69) is 10.3 Å². The lowest BCUT2D eigenvalue weighted by Crippen LogP contribution is -2.34. The van der Waals surface area contributed by atoms with Crippen molar-refractivity contribution in [3.63, 3.8) is 0 Å². The summed E-state index contributed by atoms with van der Waals surface area (Å²) >= 11 is 0. The SMILES string of the molecule is CC(Cc1ccco1)NC(=O)c1cc[nH]c(=O)c1. The number of nitrogens with one attached hydrogen (secondary N) is 2. The van der Waals surface area contributed by atoms with Gasteiger partial charge in [0.15, 0.2) is 0 Å². The summed E-state index contributed by atoms with van der Waals surface area (Å²) in [6, 6.07) is 6.44. The molecule has 1 atom stereocenters. The topological polar surface area (TPSA) is 75.1 Å². The van der Waals surface area contributed by atoms with Gasteiger partial charge in [0, 0.05) is 30.3 Å². The quantitative estimate of drug-likeness (QED) is 0.854. The molecule has 5 heteroatoms. The van der Waals surface area contributed by atoms with Crippen LogP contribution in [0.4, 0.5) is 0 Å². The number of aromatic amines is 1. The first-order valence-corrected chi connectivity index (χ1v) is 5.67. The number of H-pyrrole nitrogens is 1. The monoisotopic (exact) mass is 246 g/mol. The van der Waals surface area contributed by atoms with Crippen molar-refractivity contribution < 1.29 is 9.21 Å². The third-order valence-corrected chi connectivity index (χ3v) is 2.50. The second-order valence-corrected chi connectivity index (χ2v) is 4.10. The summed E-state index contributed by atoms with van der Waals surface area (Å²) in [5, 5.41) is 2.81. The Morgan fingerprint density at radius 2 is 2.33 bits per heavy atom. The summed E-state index contributed by atoms with van der Waals surface area (Å²) in [6.45, 7) is 1.88. The van der Waals surface area contributed by atoms with Gasteiger partial charge in [-0.05, 0) is 25.1 Å². The zero-order valence-corrected chi connectivity index (χ0v) is 9.97. The molecule has 0 aliphatic carbocycles. The van der Waals surface area contributed by atoms with Crippen LogP contribution in [0.2, 0.25) is 0 Å². The second kappa shape index (κ2) is 5.35. The summed E-state index contributed by atoms with van der Waals surface area (Å²) < 4.78 is 5.20. The van der Waals surface area contributed by atoms with E-state index < -0.39 is 0 Å². The fraction of sp³-hybridized carbons (Fsp3) is 0.231. The number of carbonyl (C=O) groups is 1. The fourth-order valence-electron chi connectivity index (χ4n) is 1.67. The number of carbonyl (C=O) groups excluding carboxylic acids is 1. The standard InChI is InChI=1S/C13H14N2O3/c1-9(7-11-3-2-6-18-11)15-13(17)10-4-5-14-12(16)8-10/h2-6,8-9H,7H2,1H3,(H,14,16)(H,15,17). The Morgan fingerprint density at radius 1 is 1.50 bits per heavy atom. The number of rotatable bonds is 4. The van der Waals surface area contributed by atoms with Crippen molar-refractivity contribution in [2.75, 3.05) is 0 Å². The first-order valence-electron chi connectivity index (χ1n) is 5.67. The zero-order valence-electron chi connectivity index (χ0n) is 9.97. The molecule has 2 aromatic heterocycles. The minimum Gasteiger partial charge on any atom is -0.469 e. The number of hydrogen-bond donors (Lipinski definition) is 2. The van der Waals surface area contributed by atoms with Gasteiger partial charge in [-0.15, -0.1) is 0 Å². The molecule has 0 bridgehead atoms. The van der Waals surface area contributed by atoms with E-state index in [1.165, 1.54) is 12.3 Å². The van der Waals surface area contributed by atoms with E-state index in [0.29, 0.717) is 12.0 Å². The third kappa shape index (κ3) is 3.10. The van der Waals surface area contributed by atoms with Gasteiger partial charge >= 0.3 is 0 Å². The van der Waals surface area contributed by atoms with E-state index in [9.17, 15) is 9.59 Å². The molecule has 0 spiro atoms. The Balaban J connectivity index is 1.97. The maximum Gasteiger partial charge on any atom is 0.251 e. The number of pyridine rings is 1. The molecule has 18 heavy (non-hydrogen) atoms. The average molecular weight is 246 g/mol. The van der Waals surface area contributed by atoms with Crippen LogP contribution in [0.15, 0.2) is 45.9 Å². The largest absolute Gasteiger partial charge is 0.469 e. The summed E-state index contributed by atoms with van der Waals surface area (Å²) in [6.07, 6.45) is 3.66. The summed E-state index contributed by atoms with van der Waals surface area (Å²) in [7, 11) is 0. The lowest BCUT2D eigenvalue weighted by Gasteiger charge is -2.12. The van der Waals surface area contributed by atoms with Crippen LogP contribution >= 0.6 is 0 Å². The Hall–Kier alpha value is -2.30. The van der Waals surface area contributed by atoms with E-state index >= 15 is 0 Å². The van der Waals surface area contributed by atoms with Crippen LogP contribution < -0.4 is 10.9 Å². The fourth-order valence-corrected chi connectivity index (χ4v) is 1.67. The van der Waals surface area contributed by atoms with Gasteiger partial charge < -0.3 is 14.7 Å². The predicted octanol–water partition coefficient (Wildman–Crippen LogP) is 1.33. The molecule has 0 radical (unpaired) electrons. The molecule has 94 valence electrons. The highest BCUT2D eigenvalue weighted by Crippen LogP contribution is 2.04. The highest BCUT2D eigenvalue weighted by Gasteiger charge is 2.11. The van der Waals surface area contributed by atoms with Crippen molar-refractivity contribution in [1.82, 2.24) is 10.3 Å². The Morgan fingerprint density at radius 3 is 3.00 bits per heavy atom. The van der Waals surface area contributed by atoms with Gasteiger partial charge in [-0.25, -0.2) is 0 Å². The second-order valence-electron chi connectivity index (χ2n) is 4.10. The zero-order chi connectivity index (χ0) is 13.0. The van der Waals surface area contributed by atoms with Crippen molar-refractivity contribution >= 4 is 5.91 Å². The normalized spacial score (nSPS) is 12.1. The summed E-state index contributed by atoms with van der Waals surface area (Å²) in [5.74, 6) is 0.550. The van der Waals surface area contributed by atoms with Gasteiger partial charge in [-0.1, -0.05) is 0 Å². The van der Waals surface area contributed by atoms with Crippen molar-refractivity contribution in [3.05, 3.63) is 58.4 Å². The smallest absolute Gasteiger partial charge is 0.251 e. The maximum absolute atomic E-state index is 11.8. The van der Waals surface area contributed by atoms with Crippen molar-refractivity contribution in [2.24, 2.45) is 0 Å². The van der Waals surface area contributed by atoms with Crippen molar-refractivity contribution in [3.8, 4) is 0 Å². The lowest BCUT2D eigenvalue weighted by molar-refractivity contribution is 0.0939. The molecule has 0 saturated heterocycles. The molecule has 2 heterocycles. The molecule has 1 amide bonds. The molecule has 2 aromatic rings. The van der Waals surface area contributed by atoms with Crippen LogP contribution in [0.1, 0.15) is 23.0 Å². The molecule has 2 rings (SSSR count). The highest BCUT2D eigenvalue weighted by atomic mass is 16.3. The molecule has 0 aliphatic rings. The minimum atomic E-state index is -0.290. The minimum absolute atomic E-state index is 0.0667. The van der Waals surface area contributed by atoms with E-state index in [1.54, 1.807) is 18.4 Å². The molecule has 0 aromatic carbocycles. The maximum atomic E-state index is 11.8. The molecular weight excluding hydrogens is 232 g/mol. The van der Waals surface area contributed by atoms with Crippen molar-refractivity contribution in [1.29, 1.82) is 0 Å². The highest BCUT2D eigenvalue weighted by molar-refractivity contribution is 5.94. The van der Waals surface area contributed by atoms with Gasteiger partial charge in [0.2, 0.25) is 5.56 Å². The average Bonchev–Trinajstić information content (AvgIpc) is 2.81. The molecule has 0 aliphatic heterocycles. The molecule has 1 unspecified atom stereocenters. The molecule has 0 saturated carbocycles. The van der Waals surface area contributed by atoms with Crippen LogP contribution in [-0.2, 0) is 6.42 Å². The van der Waals surface area contributed by atoms with Gasteiger partial charge in [0.1, 0.15) is 5.76 Å². The van der Waals surface area contributed by atoms with E-state index in [4.69, 9.17) is 4.42 Å². The number of furan rings is 1. The van der Waals surface area contributed by atoms with Gasteiger partial charge in [-0.2, -0.15) is 0 Å². The molecule has 5 nitrogen and oxygen atoms in total. The van der Waals surface area contributed by atoms with Gasteiger partial charge in [0.05, 0.1) is 6.26 Å². The van der Waals surface area contributed by atoms with Crippen LogP contribution in [-0.4, -0.2) is 16.9 Å². The van der Waals surface area contributed by atoms with E-state index in [0.717, 1.165) is 5.76 Å². The Labute approximate surface area is 104 Å². The molecule has 0 fully saturated rings. The van der Waals surface area contributed by atoms with Gasteiger partial charge in [0.25, 0.3) is 5.91 Å². The van der Waals surface area contributed by atoms with E-state index in [-0.39, 0.29) is 17.5 Å². The summed E-state index contributed by atoms with van der Waals surface area (Å²) in [4.78, 5) is 25.4. The first-order chi connectivity index (χ1) is 8.65. The van der Waals surface area contributed by atoms with Crippen LogP contribution in [0.5, 0.6) is 0 Å². The summed E-state index contributed by atoms with van der Waals surface area (Å²) in [5.41, 5.74) is 0.0615. The Bertz CT molecular complexity index is 572. The van der Waals surface area contributed by atoms with Crippen LogP contribution in [0.25, 0.3) is 0 Å². The predicted molar refractivity (Wildman–Crippen MR) is 66.4 cm³/mol. The van der Waals surface area contributed by atoms with Gasteiger partial charge in [-0.3, -0.25) is 9.59 Å². The number of aromatic nitrogens is 1. The molecule has 2 N–H and O–H groups in total. The van der Waals surface area contributed by atoms with E-state index in [1.807, 2.05) is 13.0 Å². The molecular formula is C13H14N2O3.